The molecule has 0 unspecified atom stereocenters. The van der Waals surface area contributed by atoms with Gasteiger partial charge in [-0.2, -0.15) is 0 Å². The van der Waals surface area contributed by atoms with Crippen LogP contribution in [0.1, 0.15) is 0 Å². The summed E-state index contributed by atoms with van der Waals surface area (Å²) in [5, 5.41) is 0. The first-order chi connectivity index (χ1) is 8.63. The van der Waals surface area contributed by atoms with Crippen LogP contribution in [0.15, 0.2) is 35.1 Å². The van der Waals surface area contributed by atoms with E-state index in [1.165, 1.54) is 6.07 Å². The number of H-pyrrole nitrogens is 1. The zero-order chi connectivity index (χ0) is 12.7. The van der Waals surface area contributed by atoms with Gasteiger partial charge in [0.15, 0.2) is 0 Å². The third-order valence-electron chi connectivity index (χ3n) is 2.56. The van der Waals surface area contributed by atoms with Crippen molar-refractivity contribution in [3.05, 3.63) is 40.9 Å². The van der Waals surface area contributed by atoms with E-state index < -0.39 is 0 Å². The average molecular weight is 307 g/mol. The quantitative estimate of drug-likeness (QED) is 0.726. The van der Waals surface area contributed by atoms with Crippen LogP contribution in [0.25, 0.3) is 22.4 Å². The summed E-state index contributed by atoms with van der Waals surface area (Å²) in [5.41, 5.74) is 8.30. The highest BCUT2D eigenvalue weighted by atomic mass is 79.9. The molecule has 0 saturated heterocycles. The molecule has 2 aromatic heterocycles. The molecule has 3 N–H and O–H groups in total. The zero-order valence-electron chi connectivity index (χ0n) is 9.11. The van der Waals surface area contributed by atoms with E-state index in [9.17, 15) is 4.39 Å². The first-order valence-electron chi connectivity index (χ1n) is 5.19. The molecule has 1 aromatic carbocycles. The number of anilines is 1. The summed E-state index contributed by atoms with van der Waals surface area (Å²) in [6, 6.07) is 4.79. The Bertz CT molecular complexity index is 699. The predicted octanol–water partition coefficient (Wildman–Crippen LogP) is 3.11. The molecule has 2 heterocycles. The minimum atomic E-state index is -0.330. The summed E-state index contributed by atoms with van der Waals surface area (Å²) in [6.07, 6.45) is 3.21. The van der Waals surface area contributed by atoms with Crippen molar-refractivity contribution in [3.63, 3.8) is 0 Å². The highest BCUT2D eigenvalue weighted by Crippen LogP contribution is 2.25. The van der Waals surface area contributed by atoms with Crippen LogP contribution in [0.4, 0.5) is 10.1 Å². The number of aromatic nitrogens is 3. The molecule has 3 aromatic rings. The molecule has 0 aliphatic heterocycles. The fraction of sp³-hybridized carbons (Fsp3) is 0. The number of pyridine rings is 1. The molecular weight excluding hydrogens is 299 g/mol. The first-order valence-corrected chi connectivity index (χ1v) is 5.98. The average Bonchev–Trinajstić information content (AvgIpc) is 2.73. The van der Waals surface area contributed by atoms with Crippen molar-refractivity contribution in [1.29, 1.82) is 0 Å². The molecule has 0 saturated carbocycles. The second-order valence-electron chi connectivity index (χ2n) is 3.88. The van der Waals surface area contributed by atoms with E-state index in [1.807, 2.05) is 0 Å². The topological polar surface area (TPSA) is 67.6 Å². The van der Waals surface area contributed by atoms with Gasteiger partial charge in [-0.25, -0.2) is 9.37 Å². The number of imidazole rings is 1. The van der Waals surface area contributed by atoms with Gasteiger partial charge in [0.25, 0.3) is 0 Å². The van der Waals surface area contributed by atoms with Gasteiger partial charge in [0.05, 0.1) is 21.2 Å². The summed E-state index contributed by atoms with van der Waals surface area (Å²) in [7, 11) is 0. The Labute approximate surface area is 110 Å². The van der Waals surface area contributed by atoms with Crippen LogP contribution in [0.5, 0.6) is 0 Å². The van der Waals surface area contributed by atoms with E-state index in [4.69, 9.17) is 5.73 Å². The molecule has 0 radical (unpaired) electrons. The molecule has 0 atom stereocenters. The lowest BCUT2D eigenvalue weighted by Gasteiger charge is -1.96. The van der Waals surface area contributed by atoms with Crippen LogP contribution in [-0.2, 0) is 0 Å². The third-order valence-corrected chi connectivity index (χ3v) is 3.16. The molecular formula is C12H8BrFN4. The lowest BCUT2D eigenvalue weighted by Crippen LogP contribution is -1.88. The fourth-order valence-electron chi connectivity index (χ4n) is 1.73. The molecule has 0 fully saturated rings. The van der Waals surface area contributed by atoms with E-state index in [-0.39, 0.29) is 5.82 Å². The summed E-state index contributed by atoms with van der Waals surface area (Å²) in [4.78, 5) is 11.4. The molecule has 4 nitrogen and oxygen atoms in total. The van der Waals surface area contributed by atoms with Crippen molar-refractivity contribution in [1.82, 2.24) is 15.0 Å². The van der Waals surface area contributed by atoms with Crippen molar-refractivity contribution < 1.29 is 4.39 Å². The molecule has 3 rings (SSSR count). The normalized spacial score (nSPS) is 11.0. The van der Waals surface area contributed by atoms with Crippen LogP contribution < -0.4 is 5.73 Å². The smallest absolute Gasteiger partial charge is 0.140 e. The molecule has 6 heteroatoms. The highest BCUT2D eigenvalue weighted by Gasteiger charge is 2.09. The van der Waals surface area contributed by atoms with Crippen molar-refractivity contribution >= 4 is 32.7 Å². The van der Waals surface area contributed by atoms with Gasteiger partial charge >= 0.3 is 0 Å². The third kappa shape index (κ3) is 1.84. The number of nitrogens with zero attached hydrogens (tertiary/aromatic N) is 2. The van der Waals surface area contributed by atoms with Gasteiger partial charge in [0.2, 0.25) is 0 Å². The molecule has 0 amide bonds. The summed E-state index contributed by atoms with van der Waals surface area (Å²) >= 11 is 3.13. The summed E-state index contributed by atoms with van der Waals surface area (Å²) < 4.78 is 13.8. The second-order valence-corrected chi connectivity index (χ2v) is 4.73. The van der Waals surface area contributed by atoms with Crippen LogP contribution in [-0.4, -0.2) is 15.0 Å². The van der Waals surface area contributed by atoms with Crippen molar-refractivity contribution in [2.24, 2.45) is 0 Å². The molecule has 0 aliphatic rings. The van der Waals surface area contributed by atoms with E-state index in [2.05, 4.69) is 30.9 Å². The van der Waals surface area contributed by atoms with Crippen molar-refractivity contribution in [3.8, 4) is 11.4 Å². The summed E-state index contributed by atoms with van der Waals surface area (Å²) in [6.45, 7) is 0. The van der Waals surface area contributed by atoms with Gasteiger partial charge in [-0.15, -0.1) is 0 Å². The number of aromatic amines is 1. The van der Waals surface area contributed by atoms with Crippen LogP contribution in [0, 0.1) is 5.82 Å². The van der Waals surface area contributed by atoms with E-state index >= 15 is 0 Å². The van der Waals surface area contributed by atoms with Gasteiger partial charge in [0, 0.05) is 24.0 Å². The number of nitrogens with two attached hydrogens (primary N) is 1. The molecule has 0 bridgehead atoms. The Hall–Kier alpha value is -1.95. The van der Waals surface area contributed by atoms with Crippen molar-refractivity contribution in [2.45, 2.75) is 0 Å². The fourth-order valence-corrected chi connectivity index (χ4v) is 2.06. The minimum Gasteiger partial charge on any atom is -0.397 e. The summed E-state index contributed by atoms with van der Waals surface area (Å²) in [5.74, 6) is 0.283. The Morgan fingerprint density at radius 2 is 2.06 bits per heavy atom. The minimum absolute atomic E-state index is 0.330. The monoisotopic (exact) mass is 306 g/mol. The maximum Gasteiger partial charge on any atom is 0.140 e. The van der Waals surface area contributed by atoms with Gasteiger partial charge in [-0.05, 0) is 28.1 Å². The standard InChI is InChI=1S/C12H8BrFN4/c13-8-2-10-11(3-9(8)14)18-12(17-10)6-1-7(15)5-16-4-6/h1-5H,15H2,(H,17,18). The molecule has 90 valence electrons. The Balaban J connectivity index is 2.19. The number of halogens is 2. The maximum absolute atomic E-state index is 13.4. The van der Waals surface area contributed by atoms with Crippen LogP contribution in [0.3, 0.4) is 0 Å². The van der Waals surface area contributed by atoms with Gasteiger partial charge < -0.3 is 10.7 Å². The highest BCUT2D eigenvalue weighted by molar-refractivity contribution is 9.10. The number of nitrogens with one attached hydrogen (secondary N) is 1. The maximum atomic E-state index is 13.4. The number of hydrogen-bond donors (Lipinski definition) is 2. The zero-order valence-corrected chi connectivity index (χ0v) is 10.7. The lowest BCUT2D eigenvalue weighted by molar-refractivity contribution is 0.623. The second kappa shape index (κ2) is 4.06. The number of hydrogen-bond acceptors (Lipinski definition) is 3. The molecule has 18 heavy (non-hydrogen) atoms. The number of benzene rings is 1. The van der Waals surface area contributed by atoms with E-state index in [0.29, 0.717) is 27.0 Å². The number of fused-ring (bicyclic) bond motifs is 1. The largest absolute Gasteiger partial charge is 0.397 e. The number of rotatable bonds is 1. The first kappa shape index (κ1) is 11.2. The van der Waals surface area contributed by atoms with Crippen LogP contribution in [0.2, 0.25) is 0 Å². The predicted molar refractivity (Wildman–Crippen MR) is 71.4 cm³/mol. The Morgan fingerprint density at radius 1 is 1.22 bits per heavy atom. The van der Waals surface area contributed by atoms with Gasteiger partial charge in [-0.3, -0.25) is 4.98 Å². The molecule has 0 aliphatic carbocycles. The lowest BCUT2D eigenvalue weighted by atomic mass is 10.2. The van der Waals surface area contributed by atoms with Gasteiger partial charge in [0.1, 0.15) is 11.6 Å². The Morgan fingerprint density at radius 3 is 2.83 bits per heavy atom. The molecule has 0 spiro atoms. The van der Waals surface area contributed by atoms with E-state index in [0.717, 1.165) is 5.56 Å². The van der Waals surface area contributed by atoms with Crippen molar-refractivity contribution in [2.75, 3.05) is 5.73 Å². The van der Waals surface area contributed by atoms with Gasteiger partial charge in [-0.1, -0.05) is 0 Å². The Kier molecular flexibility index (Phi) is 2.52. The number of nitrogen functional groups attached to an aromatic ring is 1. The van der Waals surface area contributed by atoms with Crippen LogP contribution >= 0.6 is 15.9 Å². The van der Waals surface area contributed by atoms with E-state index in [1.54, 1.807) is 24.5 Å². The SMILES string of the molecule is Nc1cncc(-c2nc3cc(Br)c(F)cc3[nH]2)c1.